The van der Waals surface area contributed by atoms with E-state index in [1.165, 1.54) is 38.5 Å². The van der Waals surface area contributed by atoms with E-state index in [4.69, 9.17) is 0 Å². The molecule has 0 atom stereocenters. The second-order valence-electron chi connectivity index (χ2n) is 5.65. The molecule has 0 saturated carbocycles. The number of amides is 1. The summed E-state index contributed by atoms with van der Waals surface area (Å²) < 4.78 is 0. The molecule has 0 aliphatic heterocycles. The van der Waals surface area contributed by atoms with Gasteiger partial charge in [0.05, 0.1) is 0 Å². The smallest absolute Gasteiger partial charge is 0.222 e. The minimum atomic E-state index is 0.120. The summed E-state index contributed by atoms with van der Waals surface area (Å²) in [6.07, 6.45) is 8.55. The summed E-state index contributed by atoms with van der Waals surface area (Å²) in [7, 11) is 0. The van der Waals surface area contributed by atoms with Crippen molar-refractivity contribution >= 4 is 5.91 Å². The number of unbranched alkanes of at least 4 members (excludes halogenated alkanes) is 4. The van der Waals surface area contributed by atoms with E-state index in [-0.39, 0.29) is 11.8 Å². The molecule has 0 aromatic rings. The molecule has 0 bridgehead atoms. The lowest BCUT2D eigenvalue weighted by Gasteiger charge is -2.02. The highest BCUT2D eigenvalue weighted by Crippen LogP contribution is 2.09. The molecule has 0 spiro atoms. The van der Waals surface area contributed by atoms with Gasteiger partial charge in [0.15, 0.2) is 0 Å². The zero-order valence-corrected chi connectivity index (χ0v) is 13.5. The van der Waals surface area contributed by atoms with Gasteiger partial charge in [-0.1, -0.05) is 73.1 Å². The van der Waals surface area contributed by atoms with Crippen LogP contribution in [0.2, 0.25) is 0 Å². The Labute approximate surface area is 115 Å². The van der Waals surface area contributed by atoms with Crippen LogP contribution in [0, 0.1) is 11.8 Å². The molecule has 0 aromatic heterocycles. The Morgan fingerprint density at radius 1 is 0.944 bits per heavy atom. The number of carbonyl (C=O) groups excluding carboxylic acids is 1. The topological polar surface area (TPSA) is 29.1 Å². The van der Waals surface area contributed by atoms with Crippen molar-refractivity contribution in [2.75, 3.05) is 6.54 Å². The number of carbonyl (C=O) groups is 1. The van der Waals surface area contributed by atoms with Gasteiger partial charge in [0.1, 0.15) is 0 Å². The average Bonchev–Trinajstić information content (AvgIpc) is 2.29. The number of hydrogen-bond donors (Lipinski definition) is 1. The van der Waals surface area contributed by atoms with Gasteiger partial charge < -0.3 is 5.32 Å². The minimum absolute atomic E-state index is 0.120. The maximum absolute atomic E-state index is 10.6. The fraction of sp³-hybridized carbons (Fsp3) is 0.938. The molecule has 18 heavy (non-hydrogen) atoms. The molecule has 0 heterocycles. The van der Waals surface area contributed by atoms with E-state index in [1.807, 2.05) is 20.8 Å². The van der Waals surface area contributed by atoms with Gasteiger partial charge in [-0.05, 0) is 12.8 Å². The highest BCUT2D eigenvalue weighted by Gasteiger charge is 2.02. The summed E-state index contributed by atoms with van der Waals surface area (Å²) >= 11 is 0. The molecular weight excluding hydrogens is 222 g/mol. The monoisotopic (exact) mass is 257 g/mol. The molecule has 0 radical (unpaired) electrons. The molecule has 0 saturated heterocycles. The van der Waals surface area contributed by atoms with Crippen LogP contribution in [0.1, 0.15) is 80.1 Å². The van der Waals surface area contributed by atoms with Crippen molar-refractivity contribution < 1.29 is 4.79 Å². The Hall–Kier alpha value is -0.530. The van der Waals surface area contributed by atoms with E-state index < -0.39 is 0 Å². The van der Waals surface area contributed by atoms with Gasteiger partial charge in [-0.2, -0.15) is 0 Å². The summed E-state index contributed by atoms with van der Waals surface area (Å²) in [6, 6.07) is 0. The molecule has 0 aliphatic carbocycles. The molecule has 0 aromatic carbocycles. The predicted molar refractivity (Wildman–Crippen MR) is 81.7 cm³/mol. The molecule has 110 valence electrons. The SMILES string of the molecule is CCCCCCCC(C)C.CCNC(=O)C(C)C. The number of rotatable bonds is 8. The fourth-order valence-electron chi connectivity index (χ4n) is 1.53. The molecule has 2 heteroatoms. The van der Waals surface area contributed by atoms with Crippen LogP contribution in [0.4, 0.5) is 0 Å². The fourth-order valence-corrected chi connectivity index (χ4v) is 1.53. The summed E-state index contributed by atoms with van der Waals surface area (Å²) in [5, 5.41) is 2.71. The Bertz CT molecular complexity index is 176. The van der Waals surface area contributed by atoms with Gasteiger partial charge in [0, 0.05) is 12.5 Å². The van der Waals surface area contributed by atoms with Crippen molar-refractivity contribution in [3.63, 3.8) is 0 Å². The second-order valence-corrected chi connectivity index (χ2v) is 5.65. The van der Waals surface area contributed by atoms with Gasteiger partial charge in [0.2, 0.25) is 5.91 Å². The van der Waals surface area contributed by atoms with Gasteiger partial charge in [-0.25, -0.2) is 0 Å². The standard InChI is InChI=1S/C10H22.C6H13NO/c1-4-5-6-7-8-9-10(2)3;1-4-7-6(8)5(2)3/h10H,4-9H2,1-3H3;5H,4H2,1-3H3,(H,7,8). The van der Waals surface area contributed by atoms with E-state index >= 15 is 0 Å². The largest absolute Gasteiger partial charge is 0.356 e. The first-order valence-corrected chi connectivity index (χ1v) is 7.73. The highest BCUT2D eigenvalue weighted by atomic mass is 16.1. The van der Waals surface area contributed by atoms with E-state index in [0.717, 1.165) is 12.5 Å². The Balaban J connectivity index is 0. The lowest BCUT2D eigenvalue weighted by molar-refractivity contribution is -0.123. The van der Waals surface area contributed by atoms with E-state index in [9.17, 15) is 4.79 Å². The molecule has 1 amide bonds. The highest BCUT2D eigenvalue weighted by molar-refractivity contribution is 5.77. The lowest BCUT2D eigenvalue weighted by Crippen LogP contribution is -2.26. The molecule has 0 unspecified atom stereocenters. The summed E-state index contributed by atoms with van der Waals surface area (Å²) in [6.45, 7) is 13.3. The summed E-state index contributed by atoms with van der Waals surface area (Å²) in [5.74, 6) is 1.16. The first kappa shape index (κ1) is 19.8. The van der Waals surface area contributed by atoms with Crippen molar-refractivity contribution in [3.05, 3.63) is 0 Å². The van der Waals surface area contributed by atoms with Crippen molar-refractivity contribution in [2.24, 2.45) is 11.8 Å². The van der Waals surface area contributed by atoms with Gasteiger partial charge in [0.25, 0.3) is 0 Å². The maximum atomic E-state index is 10.6. The van der Waals surface area contributed by atoms with Crippen LogP contribution in [0.15, 0.2) is 0 Å². The third kappa shape index (κ3) is 17.9. The number of hydrogen-bond acceptors (Lipinski definition) is 1. The van der Waals surface area contributed by atoms with Crippen LogP contribution in [0.3, 0.4) is 0 Å². The molecule has 0 rings (SSSR count). The average molecular weight is 257 g/mol. The number of nitrogens with one attached hydrogen (secondary N) is 1. The lowest BCUT2D eigenvalue weighted by atomic mass is 10.0. The second kappa shape index (κ2) is 14.5. The molecule has 1 N–H and O–H groups in total. The zero-order chi connectivity index (χ0) is 14.4. The molecule has 0 aliphatic rings. The Kier molecular flexibility index (Phi) is 16.0. The first-order chi connectivity index (χ1) is 8.45. The first-order valence-electron chi connectivity index (χ1n) is 7.73. The van der Waals surface area contributed by atoms with E-state index in [1.54, 1.807) is 0 Å². The molecule has 0 fully saturated rings. The molecule has 2 nitrogen and oxygen atoms in total. The Morgan fingerprint density at radius 2 is 1.50 bits per heavy atom. The third-order valence-electron chi connectivity index (χ3n) is 2.76. The predicted octanol–water partition coefficient (Wildman–Crippen LogP) is 4.78. The van der Waals surface area contributed by atoms with Crippen molar-refractivity contribution in [1.29, 1.82) is 0 Å². The van der Waals surface area contributed by atoms with Crippen LogP contribution >= 0.6 is 0 Å². The van der Waals surface area contributed by atoms with Crippen LogP contribution < -0.4 is 5.32 Å². The van der Waals surface area contributed by atoms with Crippen molar-refractivity contribution in [3.8, 4) is 0 Å². The van der Waals surface area contributed by atoms with Crippen molar-refractivity contribution in [1.82, 2.24) is 5.32 Å². The van der Waals surface area contributed by atoms with E-state index in [0.29, 0.717) is 0 Å². The summed E-state index contributed by atoms with van der Waals surface area (Å²) in [4.78, 5) is 10.6. The van der Waals surface area contributed by atoms with Crippen LogP contribution in [-0.4, -0.2) is 12.5 Å². The normalized spacial score (nSPS) is 10.2. The minimum Gasteiger partial charge on any atom is -0.356 e. The zero-order valence-electron chi connectivity index (χ0n) is 13.5. The maximum Gasteiger partial charge on any atom is 0.222 e. The van der Waals surface area contributed by atoms with Crippen LogP contribution in [0.5, 0.6) is 0 Å². The third-order valence-corrected chi connectivity index (χ3v) is 2.76. The van der Waals surface area contributed by atoms with Crippen molar-refractivity contribution in [2.45, 2.75) is 80.1 Å². The molecular formula is C16H35NO. The Morgan fingerprint density at radius 3 is 1.83 bits per heavy atom. The van der Waals surface area contributed by atoms with E-state index in [2.05, 4.69) is 26.1 Å². The van der Waals surface area contributed by atoms with Crippen LogP contribution in [0.25, 0.3) is 0 Å². The van der Waals surface area contributed by atoms with Gasteiger partial charge in [-0.3, -0.25) is 4.79 Å². The summed E-state index contributed by atoms with van der Waals surface area (Å²) in [5.41, 5.74) is 0. The van der Waals surface area contributed by atoms with Gasteiger partial charge in [-0.15, -0.1) is 0 Å². The van der Waals surface area contributed by atoms with Gasteiger partial charge >= 0.3 is 0 Å². The van der Waals surface area contributed by atoms with Crippen LogP contribution in [-0.2, 0) is 4.79 Å². The quantitative estimate of drug-likeness (QED) is 0.623.